The van der Waals surface area contributed by atoms with E-state index in [1.807, 2.05) is 0 Å². The van der Waals surface area contributed by atoms with E-state index in [0.717, 1.165) is 37.0 Å². The van der Waals surface area contributed by atoms with Gasteiger partial charge >= 0.3 is 5.97 Å². The predicted molar refractivity (Wildman–Crippen MR) is 102 cm³/mol. The summed E-state index contributed by atoms with van der Waals surface area (Å²) in [6, 6.07) is 0. The third-order valence-electron chi connectivity index (χ3n) is 8.58. The van der Waals surface area contributed by atoms with Crippen molar-refractivity contribution in [1.82, 2.24) is 0 Å². The number of aliphatic hydroxyl groups is 1. The largest absolute Gasteiger partial charge is 0.462 e. The molecule has 0 bridgehead atoms. The van der Waals surface area contributed by atoms with E-state index in [-0.39, 0.29) is 18.7 Å². The smallest absolute Gasteiger partial charge is 0.302 e. The van der Waals surface area contributed by atoms with Crippen LogP contribution in [-0.2, 0) is 9.53 Å². The number of fused-ring (bicyclic) bond motifs is 5. The second-order valence-electron chi connectivity index (χ2n) is 9.64. The van der Waals surface area contributed by atoms with Crippen molar-refractivity contribution in [3.63, 3.8) is 0 Å². The summed E-state index contributed by atoms with van der Waals surface area (Å²) in [6.45, 7) is 6.66. The average Bonchev–Trinajstić information content (AvgIpc) is 2.92. The van der Waals surface area contributed by atoms with Gasteiger partial charge in [0.2, 0.25) is 0 Å². The molecule has 0 aliphatic heterocycles. The van der Waals surface area contributed by atoms with Gasteiger partial charge in [-0.1, -0.05) is 37.1 Å². The number of allylic oxidation sites excluding steroid dienone is 2. The minimum Gasteiger partial charge on any atom is -0.462 e. The Morgan fingerprint density at radius 3 is 2.69 bits per heavy atom. The van der Waals surface area contributed by atoms with Gasteiger partial charge < -0.3 is 9.84 Å². The Labute approximate surface area is 157 Å². The minimum absolute atomic E-state index is 0.0859. The van der Waals surface area contributed by atoms with Crippen LogP contribution in [0.3, 0.4) is 0 Å². The van der Waals surface area contributed by atoms with Crippen molar-refractivity contribution < 1.29 is 14.6 Å². The molecule has 4 rings (SSSR count). The Hall–Kier alpha value is -1.09. The highest BCUT2D eigenvalue weighted by atomic mass is 16.5. The first-order valence-corrected chi connectivity index (χ1v) is 10.6. The lowest BCUT2D eigenvalue weighted by Crippen LogP contribution is -2.49. The summed E-state index contributed by atoms with van der Waals surface area (Å²) in [5, 5.41) is 9.42. The quantitative estimate of drug-likeness (QED) is 0.570. The number of ether oxygens (including phenoxy) is 1. The van der Waals surface area contributed by atoms with E-state index in [1.54, 1.807) is 5.57 Å². The van der Waals surface area contributed by atoms with Gasteiger partial charge in [-0.3, -0.25) is 4.79 Å². The number of carbonyl (C=O) groups excluding carboxylic acids is 1. The Morgan fingerprint density at radius 1 is 1.23 bits per heavy atom. The van der Waals surface area contributed by atoms with Crippen molar-refractivity contribution in [3.05, 3.63) is 23.3 Å². The lowest BCUT2D eigenvalue weighted by molar-refractivity contribution is -0.148. The zero-order chi connectivity index (χ0) is 18.5. The first kappa shape index (κ1) is 18.3. The molecule has 3 saturated carbocycles. The van der Waals surface area contributed by atoms with Crippen LogP contribution in [0.4, 0.5) is 0 Å². The Morgan fingerprint density at radius 2 is 1.96 bits per heavy atom. The van der Waals surface area contributed by atoms with E-state index in [1.165, 1.54) is 44.6 Å². The first-order valence-electron chi connectivity index (χ1n) is 10.6. The van der Waals surface area contributed by atoms with Gasteiger partial charge in [0.05, 0.1) is 6.61 Å². The number of rotatable bonds is 2. The molecule has 144 valence electrons. The van der Waals surface area contributed by atoms with Gasteiger partial charge in [-0.15, -0.1) is 0 Å². The Bertz CT molecular complexity index is 648. The van der Waals surface area contributed by atoms with Crippen LogP contribution in [0.5, 0.6) is 0 Å². The average molecular weight is 359 g/mol. The monoisotopic (exact) mass is 358 g/mol. The van der Waals surface area contributed by atoms with Crippen LogP contribution in [-0.4, -0.2) is 23.8 Å². The minimum atomic E-state index is -0.143. The van der Waals surface area contributed by atoms with Crippen LogP contribution in [0.1, 0.15) is 72.1 Å². The summed E-state index contributed by atoms with van der Waals surface area (Å²) in [6.07, 6.45) is 14.0. The van der Waals surface area contributed by atoms with Crippen LogP contribution in [0.2, 0.25) is 0 Å². The van der Waals surface area contributed by atoms with E-state index in [9.17, 15) is 9.90 Å². The topological polar surface area (TPSA) is 46.5 Å². The summed E-state index contributed by atoms with van der Waals surface area (Å²) in [5.74, 6) is 2.17. The summed E-state index contributed by atoms with van der Waals surface area (Å²) in [7, 11) is 0. The normalized spacial score (nSPS) is 46.2. The van der Waals surface area contributed by atoms with Crippen molar-refractivity contribution in [1.29, 1.82) is 0 Å². The van der Waals surface area contributed by atoms with Crippen LogP contribution in [0, 0.1) is 28.6 Å². The lowest BCUT2D eigenvalue weighted by atomic mass is 9.48. The van der Waals surface area contributed by atoms with Gasteiger partial charge in [-0.05, 0) is 73.5 Å². The maximum atomic E-state index is 11.4. The maximum absolute atomic E-state index is 11.4. The third kappa shape index (κ3) is 2.69. The molecule has 0 aromatic heterocycles. The van der Waals surface area contributed by atoms with Crippen LogP contribution in [0.25, 0.3) is 0 Å². The van der Waals surface area contributed by atoms with Crippen molar-refractivity contribution in [3.8, 4) is 0 Å². The Balaban J connectivity index is 1.59. The van der Waals surface area contributed by atoms with E-state index in [2.05, 4.69) is 26.0 Å². The summed E-state index contributed by atoms with van der Waals surface area (Å²) >= 11 is 0. The molecule has 3 heteroatoms. The molecule has 0 unspecified atom stereocenters. The second-order valence-corrected chi connectivity index (χ2v) is 9.64. The number of aliphatic hydroxyl groups excluding tert-OH is 1. The number of hydrogen-bond donors (Lipinski definition) is 1. The molecule has 1 N–H and O–H groups in total. The number of esters is 1. The van der Waals surface area contributed by atoms with Gasteiger partial charge in [-0.25, -0.2) is 0 Å². The summed E-state index contributed by atoms with van der Waals surface area (Å²) in [4.78, 5) is 11.4. The fraction of sp³-hybridized carbons (Fsp3) is 0.783. The van der Waals surface area contributed by atoms with E-state index in [4.69, 9.17) is 4.74 Å². The lowest BCUT2D eigenvalue weighted by Gasteiger charge is -2.57. The van der Waals surface area contributed by atoms with E-state index >= 15 is 0 Å². The molecule has 4 aliphatic carbocycles. The third-order valence-corrected chi connectivity index (χ3v) is 8.58. The highest BCUT2D eigenvalue weighted by molar-refractivity contribution is 5.66. The van der Waals surface area contributed by atoms with Gasteiger partial charge in [0, 0.05) is 13.3 Å². The second kappa shape index (κ2) is 6.51. The van der Waals surface area contributed by atoms with Crippen molar-refractivity contribution in [2.75, 3.05) is 6.61 Å². The van der Waals surface area contributed by atoms with Gasteiger partial charge in [0.25, 0.3) is 0 Å². The maximum Gasteiger partial charge on any atom is 0.302 e. The molecule has 4 aliphatic rings. The van der Waals surface area contributed by atoms with Crippen LogP contribution in [0.15, 0.2) is 23.3 Å². The van der Waals surface area contributed by atoms with E-state index in [0.29, 0.717) is 10.8 Å². The van der Waals surface area contributed by atoms with Gasteiger partial charge in [-0.2, -0.15) is 0 Å². The molecule has 26 heavy (non-hydrogen) atoms. The zero-order valence-corrected chi connectivity index (χ0v) is 16.6. The SMILES string of the molecule is CC(=O)O[C@H]1CC[C@@]2(C)C(=CC[C@H]3[C@H]2CC[C@@]2(C)/C(=C/CO)CC[C@H]32)C1. The van der Waals surface area contributed by atoms with Crippen molar-refractivity contribution >= 4 is 5.97 Å². The zero-order valence-electron chi connectivity index (χ0n) is 16.6. The molecular formula is C23H34O3. The summed E-state index contributed by atoms with van der Waals surface area (Å²) < 4.78 is 5.54. The summed E-state index contributed by atoms with van der Waals surface area (Å²) in [5.41, 5.74) is 3.68. The predicted octanol–water partition coefficient (Wildman–Crippen LogP) is 4.80. The molecule has 3 fully saturated rings. The molecule has 0 aromatic carbocycles. The van der Waals surface area contributed by atoms with Crippen LogP contribution >= 0.6 is 0 Å². The molecule has 0 radical (unpaired) electrons. The molecule has 0 aromatic rings. The molecule has 0 saturated heterocycles. The molecule has 6 atom stereocenters. The van der Waals surface area contributed by atoms with Gasteiger partial charge in [0.15, 0.2) is 0 Å². The first-order chi connectivity index (χ1) is 12.4. The fourth-order valence-electron chi connectivity index (χ4n) is 7.26. The van der Waals surface area contributed by atoms with Crippen LogP contribution < -0.4 is 0 Å². The number of carbonyl (C=O) groups is 1. The van der Waals surface area contributed by atoms with Gasteiger partial charge in [0.1, 0.15) is 6.10 Å². The Kier molecular flexibility index (Phi) is 4.58. The standard InChI is InChI=1S/C23H34O3/c1-15(25)26-18-8-11-23(3)17(14-18)4-6-19-20-7-5-16(10-13-24)22(20,2)12-9-21(19)23/h4,10,18-21,24H,5-9,11-14H2,1-3H3/b16-10+/t18-,19+,20+,21+,22-,23-/m0/s1. The molecule has 0 spiro atoms. The highest BCUT2D eigenvalue weighted by Crippen LogP contribution is 2.66. The molecule has 3 nitrogen and oxygen atoms in total. The molecule has 0 amide bonds. The molecule has 0 heterocycles. The number of hydrogen-bond acceptors (Lipinski definition) is 3. The van der Waals surface area contributed by atoms with Crippen molar-refractivity contribution in [2.24, 2.45) is 28.6 Å². The highest BCUT2D eigenvalue weighted by Gasteiger charge is 2.57. The fourth-order valence-corrected chi connectivity index (χ4v) is 7.26. The molecular weight excluding hydrogens is 324 g/mol. The van der Waals surface area contributed by atoms with E-state index < -0.39 is 0 Å². The van der Waals surface area contributed by atoms with Crippen molar-refractivity contribution in [2.45, 2.75) is 78.2 Å².